The maximum Gasteiger partial charge on any atom is 0.274 e. The number of nitrogens with zero attached hydrogens (tertiary/aromatic N) is 2. The first-order chi connectivity index (χ1) is 10.6. The topological polar surface area (TPSA) is 67.2 Å². The van der Waals surface area contributed by atoms with Crippen molar-refractivity contribution in [2.75, 3.05) is 0 Å². The molecular weight excluding hydrogens is 278 g/mol. The summed E-state index contributed by atoms with van der Waals surface area (Å²) >= 11 is 0. The second kappa shape index (κ2) is 5.77. The molecule has 5 heteroatoms. The van der Waals surface area contributed by atoms with Gasteiger partial charge in [-0.3, -0.25) is 10.0 Å². The molecule has 0 saturated carbocycles. The van der Waals surface area contributed by atoms with E-state index in [1.165, 1.54) is 5.57 Å². The van der Waals surface area contributed by atoms with Crippen molar-refractivity contribution in [3.8, 4) is 0 Å². The minimum Gasteiger partial charge on any atom is -0.322 e. The van der Waals surface area contributed by atoms with Crippen LogP contribution in [0.25, 0.3) is 16.6 Å². The zero-order chi connectivity index (χ0) is 15.7. The molecule has 0 aliphatic heterocycles. The fourth-order valence-corrected chi connectivity index (χ4v) is 2.84. The molecule has 0 spiro atoms. The Kier molecular flexibility index (Phi) is 3.81. The SMILES string of the molecule is CC(C)n1c(C2=CC=CCC2)nc2cc(C(=O)NO)ccc21. The molecule has 2 N–H and O–H groups in total. The van der Waals surface area contributed by atoms with Gasteiger partial charge in [0, 0.05) is 11.6 Å². The summed E-state index contributed by atoms with van der Waals surface area (Å²) in [6.45, 7) is 4.25. The second-order valence-electron chi connectivity index (χ2n) is 5.70. The number of amides is 1. The molecule has 0 unspecified atom stereocenters. The highest BCUT2D eigenvalue weighted by Gasteiger charge is 2.18. The number of imidazole rings is 1. The molecule has 114 valence electrons. The van der Waals surface area contributed by atoms with Gasteiger partial charge in [0.15, 0.2) is 0 Å². The van der Waals surface area contributed by atoms with Crippen molar-refractivity contribution >= 4 is 22.5 Å². The number of fused-ring (bicyclic) bond motifs is 1. The highest BCUT2D eigenvalue weighted by Crippen LogP contribution is 2.30. The lowest BCUT2D eigenvalue weighted by Gasteiger charge is -2.16. The summed E-state index contributed by atoms with van der Waals surface area (Å²) in [4.78, 5) is 16.3. The van der Waals surface area contributed by atoms with Gasteiger partial charge in [-0.05, 0) is 50.5 Å². The van der Waals surface area contributed by atoms with Crippen LogP contribution in [0.2, 0.25) is 0 Å². The Morgan fingerprint density at radius 3 is 2.86 bits per heavy atom. The number of hydrogen-bond donors (Lipinski definition) is 2. The van der Waals surface area contributed by atoms with Crippen molar-refractivity contribution < 1.29 is 10.0 Å². The zero-order valence-corrected chi connectivity index (χ0v) is 12.7. The third-order valence-corrected chi connectivity index (χ3v) is 3.87. The Morgan fingerprint density at radius 2 is 2.23 bits per heavy atom. The molecule has 22 heavy (non-hydrogen) atoms. The van der Waals surface area contributed by atoms with Crippen molar-refractivity contribution in [1.29, 1.82) is 0 Å². The predicted octanol–water partition coefficient (Wildman–Crippen LogP) is 3.47. The van der Waals surface area contributed by atoms with Gasteiger partial charge in [0.1, 0.15) is 5.82 Å². The molecule has 1 aliphatic rings. The van der Waals surface area contributed by atoms with Gasteiger partial charge in [0.05, 0.1) is 11.0 Å². The van der Waals surface area contributed by atoms with Crippen molar-refractivity contribution in [3.05, 3.63) is 47.8 Å². The van der Waals surface area contributed by atoms with Gasteiger partial charge in [-0.15, -0.1) is 0 Å². The quantitative estimate of drug-likeness (QED) is 0.673. The Hall–Kier alpha value is -2.40. The van der Waals surface area contributed by atoms with E-state index in [0.29, 0.717) is 5.56 Å². The zero-order valence-electron chi connectivity index (χ0n) is 12.7. The van der Waals surface area contributed by atoms with Gasteiger partial charge in [0.25, 0.3) is 5.91 Å². The summed E-state index contributed by atoms with van der Waals surface area (Å²) in [6, 6.07) is 5.57. The molecule has 5 nitrogen and oxygen atoms in total. The number of rotatable bonds is 3. The fourth-order valence-electron chi connectivity index (χ4n) is 2.84. The summed E-state index contributed by atoms with van der Waals surface area (Å²) in [5.41, 5.74) is 5.02. The molecule has 0 atom stereocenters. The standard InChI is InChI=1S/C17H19N3O2/c1-11(2)20-15-9-8-13(17(21)19-22)10-14(15)18-16(20)12-6-4-3-5-7-12/h3-4,6,8-11,22H,5,7H2,1-2H3,(H,19,21). The lowest BCUT2D eigenvalue weighted by Crippen LogP contribution is -2.18. The van der Waals surface area contributed by atoms with Crippen LogP contribution >= 0.6 is 0 Å². The van der Waals surface area contributed by atoms with E-state index in [2.05, 4.69) is 36.6 Å². The molecular formula is C17H19N3O2. The maximum atomic E-state index is 11.6. The number of carbonyl (C=O) groups excluding carboxylic acids is 1. The summed E-state index contributed by atoms with van der Waals surface area (Å²) < 4.78 is 2.20. The van der Waals surface area contributed by atoms with Crippen LogP contribution < -0.4 is 5.48 Å². The van der Waals surface area contributed by atoms with Crippen LogP contribution in [0.4, 0.5) is 0 Å². The molecule has 0 radical (unpaired) electrons. The van der Waals surface area contributed by atoms with Crippen LogP contribution in [0.5, 0.6) is 0 Å². The first kappa shape index (κ1) is 14.5. The third-order valence-electron chi connectivity index (χ3n) is 3.87. The Bertz CT molecular complexity index is 785. The van der Waals surface area contributed by atoms with Gasteiger partial charge >= 0.3 is 0 Å². The van der Waals surface area contributed by atoms with E-state index in [1.807, 2.05) is 6.07 Å². The molecule has 2 aromatic rings. The van der Waals surface area contributed by atoms with Crippen LogP contribution in [-0.4, -0.2) is 20.7 Å². The molecule has 1 aromatic carbocycles. The molecule has 0 fully saturated rings. The average Bonchev–Trinajstić information content (AvgIpc) is 2.93. The predicted molar refractivity (Wildman–Crippen MR) is 85.7 cm³/mol. The first-order valence-electron chi connectivity index (χ1n) is 7.44. The Morgan fingerprint density at radius 1 is 1.41 bits per heavy atom. The van der Waals surface area contributed by atoms with E-state index < -0.39 is 5.91 Å². The second-order valence-corrected chi connectivity index (χ2v) is 5.70. The molecule has 0 saturated heterocycles. The summed E-state index contributed by atoms with van der Waals surface area (Å²) in [6.07, 6.45) is 8.30. The first-order valence-corrected chi connectivity index (χ1v) is 7.44. The smallest absolute Gasteiger partial charge is 0.274 e. The van der Waals surface area contributed by atoms with E-state index in [9.17, 15) is 4.79 Å². The highest BCUT2D eigenvalue weighted by molar-refractivity contribution is 5.97. The normalized spacial score (nSPS) is 14.5. The molecule has 1 aliphatic carbocycles. The Balaban J connectivity index is 2.19. The van der Waals surface area contributed by atoms with Crippen molar-refractivity contribution in [1.82, 2.24) is 15.0 Å². The van der Waals surface area contributed by atoms with Gasteiger partial charge in [0.2, 0.25) is 0 Å². The lowest BCUT2D eigenvalue weighted by atomic mass is 10.0. The number of carbonyl (C=O) groups is 1. The van der Waals surface area contributed by atoms with Crippen LogP contribution in [-0.2, 0) is 0 Å². The molecule has 3 rings (SSSR count). The molecule has 1 amide bonds. The summed E-state index contributed by atoms with van der Waals surface area (Å²) in [7, 11) is 0. The molecule has 1 heterocycles. The van der Waals surface area contributed by atoms with Gasteiger partial charge in [-0.1, -0.05) is 18.2 Å². The number of hydroxylamine groups is 1. The molecule has 0 bridgehead atoms. The van der Waals surface area contributed by atoms with E-state index in [0.717, 1.165) is 29.7 Å². The maximum absolute atomic E-state index is 11.6. The fraction of sp³-hybridized carbons (Fsp3) is 0.294. The minimum atomic E-state index is -0.526. The van der Waals surface area contributed by atoms with Crippen LogP contribution in [0.3, 0.4) is 0 Å². The van der Waals surface area contributed by atoms with E-state index >= 15 is 0 Å². The lowest BCUT2D eigenvalue weighted by molar-refractivity contribution is 0.0706. The number of aromatic nitrogens is 2. The average molecular weight is 297 g/mol. The highest BCUT2D eigenvalue weighted by atomic mass is 16.5. The summed E-state index contributed by atoms with van der Waals surface area (Å²) in [5, 5.41) is 8.77. The Labute approximate surface area is 128 Å². The van der Waals surface area contributed by atoms with E-state index in [-0.39, 0.29) is 6.04 Å². The number of allylic oxidation sites excluding steroid dienone is 4. The number of benzene rings is 1. The van der Waals surface area contributed by atoms with E-state index in [4.69, 9.17) is 10.2 Å². The monoisotopic (exact) mass is 297 g/mol. The van der Waals surface area contributed by atoms with Crippen molar-refractivity contribution in [2.45, 2.75) is 32.7 Å². The van der Waals surface area contributed by atoms with Crippen molar-refractivity contribution in [2.24, 2.45) is 0 Å². The largest absolute Gasteiger partial charge is 0.322 e. The van der Waals surface area contributed by atoms with Gasteiger partial charge < -0.3 is 4.57 Å². The minimum absolute atomic E-state index is 0.268. The number of nitrogens with one attached hydrogen (secondary N) is 1. The third kappa shape index (κ3) is 2.44. The van der Waals surface area contributed by atoms with Gasteiger partial charge in [-0.2, -0.15) is 0 Å². The van der Waals surface area contributed by atoms with E-state index in [1.54, 1.807) is 17.6 Å². The van der Waals surface area contributed by atoms with Crippen molar-refractivity contribution in [3.63, 3.8) is 0 Å². The molecule has 1 aromatic heterocycles. The van der Waals surface area contributed by atoms with Crippen LogP contribution in [0.15, 0.2) is 36.4 Å². The summed E-state index contributed by atoms with van der Waals surface area (Å²) in [5.74, 6) is 0.429. The van der Waals surface area contributed by atoms with Gasteiger partial charge in [-0.25, -0.2) is 10.5 Å². The van der Waals surface area contributed by atoms with Crippen LogP contribution in [0.1, 0.15) is 48.9 Å². The number of hydrogen-bond acceptors (Lipinski definition) is 3. The van der Waals surface area contributed by atoms with Crippen LogP contribution in [0, 0.1) is 0 Å².